The van der Waals surface area contributed by atoms with Crippen LogP contribution in [0.5, 0.6) is 0 Å². The summed E-state index contributed by atoms with van der Waals surface area (Å²) in [6.45, 7) is 4.07. The maximum atomic E-state index is 11.6. The molecular weight excluding hydrogens is 274 g/mol. The summed E-state index contributed by atoms with van der Waals surface area (Å²) in [4.78, 5) is 11.6. The fourth-order valence-corrected chi connectivity index (χ4v) is 1.88. The van der Waals surface area contributed by atoms with Gasteiger partial charge < -0.3 is 14.8 Å². The number of rotatable bonds is 7. The molecule has 4 nitrogen and oxygen atoms in total. The lowest BCUT2D eigenvalue weighted by molar-refractivity contribution is -0.131. The van der Waals surface area contributed by atoms with Gasteiger partial charge in [0.05, 0.1) is 12.7 Å². The molecule has 1 rings (SSSR count). The van der Waals surface area contributed by atoms with E-state index in [9.17, 15) is 4.79 Å². The van der Waals surface area contributed by atoms with Crippen LogP contribution in [0, 0.1) is 0 Å². The first kappa shape index (κ1) is 13.9. The van der Waals surface area contributed by atoms with E-state index in [1.807, 2.05) is 6.92 Å². The molecule has 1 aliphatic heterocycles. The van der Waals surface area contributed by atoms with Crippen LogP contribution in [-0.2, 0) is 14.3 Å². The van der Waals surface area contributed by atoms with Gasteiger partial charge in [-0.05, 0) is 26.2 Å². The maximum Gasteiger partial charge on any atom is 0.249 e. The topological polar surface area (TPSA) is 47.6 Å². The average Bonchev–Trinajstić information content (AvgIpc) is 2.70. The molecule has 0 saturated carbocycles. The predicted octanol–water partition coefficient (Wildman–Crippen LogP) is 1.47. The predicted molar refractivity (Wildman–Crippen MR) is 65.8 cm³/mol. The lowest BCUT2D eigenvalue weighted by Gasteiger charge is -2.11. The van der Waals surface area contributed by atoms with Crippen LogP contribution < -0.4 is 5.32 Å². The Balaban J connectivity index is 1.98. The monoisotopic (exact) mass is 293 g/mol. The molecule has 0 aliphatic carbocycles. The molecule has 0 aromatic rings. The Labute approximate surface area is 105 Å². The minimum absolute atomic E-state index is 0.0184. The Hall–Kier alpha value is -0.130. The van der Waals surface area contributed by atoms with Crippen molar-refractivity contribution >= 4 is 21.8 Å². The van der Waals surface area contributed by atoms with Crippen LogP contribution in [0.3, 0.4) is 0 Å². The van der Waals surface area contributed by atoms with E-state index >= 15 is 0 Å². The smallest absolute Gasteiger partial charge is 0.249 e. The number of hydrogen-bond donors (Lipinski definition) is 1. The normalized spacial score (nSPS) is 24.6. The zero-order valence-corrected chi connectivity index (χ0v) is 11.3. The molecule has 94 valence electrons. The Morgan fingerprint density at radius 1 is 1.50 bits per heavy atom. The largest absolute Gasteiger partial charge is 0.381 e. The second-order valence-electron chi connectivity index (χ2n) is 3.96. The quantitative estimate of drug-likeness (QED) is 0.571. The summed E-state index contributed by atoms with van der Waals surface area (Å²) in [7, 11) is 0. The molecule has 0 aromatic carbocycles. The van der Waals surface area contributed by atoms with Gasteiger partial charge in [-0.3, -0.25) is 4.79 Å². The summed E-state index contributed by atoms with van der Waals surface area (Å²) in [5.41, 5.74) is 0. The van der Waals surface area contributed by atoms with Crippen molar-refractivity contribution in [1.29, 1.82) is 0 Å². The fraction of sp³-hybridized carbons (Fsp3) is 0.909. The number of halogens is 1. The van der Waals surface area contributed by atoms with Crippen LogP contribution in [-0.4, -0.2) is 43.2 Å². The first-order valence-corrected chi connectivity index (χ1v) is 6.93. The van der Waals surface area contributed by atoms with Crippen molar-refractivity contribution in [2.75, 3.05) is 25.1 Å². The van der Waals surface area contributed by atoms with Crippen LogP contribution in [0.15, 0.2) is 0 Å². The number of alkyl halides is 1. The maximum absolute atomic E-state index is 11.6. The highest BCUT2D eigenvalue weighted by Gasteiger charge is 2.27. The number of amides is 1. The van der Waals surface area contributed by atoms with Gasteiger partial charge in [0.2, 0.25) is 5.91 Å². The van der Waals surface area contributed by atoms with Gasteiger partial charge in [-0.15, -0.1) is 0 Å². The summed E-state index contributed by atoms with van der Waals surface area (Å²) >= 11 is 3.28. The van der Waals surface area contributed by atoms with Gasteiger partial charge in [0.25, 0.3) is 0 Å². The Kier molecular flexibility index (Phi) is 7.00. The van der Waals surface area contributed by atoms with Gasteiger partial charge in [0.1, 0.15) is 6.10 Å². The van der Waals surface area contributed by atoms with Crippen LogP contribution in [0.4, 0.5) is 0 Å². The summed E-state index contributed by atoms with van der Waals surface area (Å²) in [6.07, 6.45) is 2.65. The molecule has 1 amide bonds. The third-order valence-corrected chi connectivity index (χ3v) is 2.83. The summed E-state index contributed by atoms with van der Waals surface area (Å²) < 4.78 is 10.7. The molecule has 1 fully saturated rings. The number of ether oxygens (including phenoxy) is 2. The molecule has 1 heterocycles. The third-order valence-electron chi connectivity index (χ3n) is 2.51. The standard InChI is InChI=1S/C11H20BrNO3/c1-9-3-4-10(16-9)11(14)13-6-2-7-15-8-5-12/h9-10H,2-8H2,1H3,(H,13,14). The number of carbonyl (C=O) groups is 1. The van der Waals surface area contributed by atoms with Crippen molar-refractivity contribution in [3.8, 4) is 0 Å². The van der Waals surface area contributed by atoms with E-state index in [4.69, 9.17) is 9.47 Å². The van der Waals surface area contributed by atoms with Crippen molar-refractivity contribution in [2.24, 2.45) is 0 Å². The molecule has 2 atom stereocenters. The van der Waals surface area contributed by atoms with Gasteiger partial charge in [-0.1, -0.05) is 15.9 Å². The fourth-order valence-electron chi connectivity index (χ4n) is 1.65. The van der Waals surface area contributed by atoms with E-state index in [0.717, 1.165) is 31.2 Å². The van der Waals surface area contributed by atoms with Gasteiger partial charge in [0.15, 0.2) is 0 Å². The van der Waals surface area contributed by atoms with Gasteiger partial charge in [0, 0.05) is 18.5 Å². The van der Waals surface area contributed by atoms with Crippen molar-refractivity contribution in [2.45, 2.75) is 38.4 Å². The van der Waals surface area contributed by atoms with Crippen molar-refractivity contribution in [3.05, 3.63) is 0 Å². The molecular formula is C11H20BrNO3. The Morgan fingerprint density at radius 3 is 2.94 bits per heavy atom. The molecule has 0 aromatic heterocycles. The minimum Gasteiger partial charge on any atom is -0.381 e. The molecule has 1 saturated heterocycles. The Bertz CT molecular complexity index is 213. The highest BCUT2D eigenvalue weighted by Crippen LogP contribution is 2.18. The average molecular weight is 294 g/mol. The van der Waals surface area contributed by atoms with Crippen LogP contribution in [0.25, 0.3) is 0 Å². The number of hydrogen-bond acceptors (Lipinski definition) is 3. The Morgan fingerprint density at radius 2 is 2.31 bits per heavy atom. The molecule has 5 heteroatoms. The second-order valence-corrected chi connectivity index (χ2v) is 4.75. The summed E-state index contributed by atoms with van der Waals surface area (Å²) in [6, 6.07) is 0. The van der Waals surface area contributed by atoms with Crippen molar-refractivity contribution in [1.82, 2.24) is 5.32 Å². The lowest BCUT2D eigenvalue weighted by atomic mass is 10.2. The van der Waals surface area contributed by atoms with E-state index in [2.05, 4.69) is 21.2 Å². The third kappa shape index (κ3) is 5.27. The van der Waals surface area contributed by atoms with Crippen molar-refractivity contribution in [3.63, 3.8) is 0 Å². The summed E-state index contributed by atoms with van der Waals surface area (Å²) in [5, 5.41) is 3.72. The summed E-state index contributed by atoms with van der Waals surface area (Å²) in [5.74, 6) is 0.0184. The van der Waals surface area contributed by atoms with E-state index < -0.39 is 0 Å². The molecule has 0 spiro atoms. The van der Waals surface area contributed by atoms with Crippen LogP contribution >= 0.6 is 15.9 Å². The van der Waals surface area contributed by atoms with Gasteiger partial charge in [-0.2, -0.15) is 0 Å². The first-order valence-electron chi connectivity index (χ1n) is 5.81. The van der Waals surface area contributed by atoms with E-state index in [0.29, 0.717) is 13.2 Å². The second kappa shape index (κ2) is 8.03. The number of carbonyl (C=O) groups excluding carboxylic acids is 1. The highest BCUT2D eigenvalue weighted by molar-refractivity contribution is 9.09. The van der Waals surface area contributed by atoms with E-state index in [1.54, 1.807) is 0 Å². The van der Waals surface area contributed by atoms with Crippen molar-refractivity contribution < 1.29 is 14.3 Å². The molecule has 2 unspecified atom stereocenters. The van der Waals surface area contributed by atoms with Crippen LogP contribution in [0.2, 0.25) is 0 Å². The first-order chi connectivity index (χ1) is 7.74. The molecule has 0 bridgehead atoms. The molecule has 1 aliphatic rings. The van der Waals surface area contributed by atoms with E-state index in [-0.39, 0.29) is 18.1 Å². The zero-order valence-electron chi connectivity index (χ0n) is 9.71. The molecule has 16 heavy (non-hydrogen) atoms. The SMILES string of the molecule is CC1CCC(C(=O)NCCCOCCBr)O1. The molecule has 1 N–H and O–H groups in total. The lowest BCUT2D eigenvalue weighted by Crippen LogP contribution is -2.35. The zero-order chi connectivity index (χ0) is 11.8. The minimum atomic E-state index is -0.238. The van der Waals surface area contributed by atoms with Gasteiger partial charge in [-0.25, -0.2) is 0 Å². The van der Waals surface area contributed by atoms with E-state index in [1.165, 1.54) is 0 Å². The van der Waals surface area contributed by atoms with Gasteiger partial charge >= 0.3 is 0 Å². The van der Waals surface area contributed by atoms with Crippen LogP contribution in [0.1, 0.15) is 26.2 Å². The molecule has 0 radical (unpaired) electrons. The highest BCUT2D eigenvalue weighted by atomic mass is 79.9. The number of nitrogens with one attached hydrogen (secondary N) is 1.